The Morgan fingerprint density at radius 1 is 1.38 bits per heavy atom. The molecule has 1 saturated heterocycles. The third-order valence-corrected chi connectivity index (χ3v) is 5.94. The molecule has 0 aliphatic carbocycles. The number of thioether (sulfide) groups is 2. The van der Waals surface area contributed by atoms with E-state index in [1.165, 1.54) is 6.07 Å². The molecule has 1 aromatic carbocycles. The van der Waals surface area contributed by atoms with Crippen molar-refractivity contribution < 1.29 is 18.0 Å². The van der Waals surface area contributed by atoms with Crippen LogP contribution in [0.1, 0.15) is 24.1 Å². The van der Waals surface area contributed by atoms with Crippen molar-refractivity contribution in [2.24, 2.45) is 0 Å². The number of alkyl halides is 3. The molecule has 0 spiro atoms. The summed E-state index contributed by atoms with van der Waals surface area (Å²) < 4.78 is 38.1. The molecular formula is C14H16F3NOS2. The normalized spacial score (nSPS) is 20.9. The van der Waals surface area contributed by atoms with E-state index in [-0.39, 0.29) is 11.2 Å². The van der Waals surface area contributed by atoms with Crippen LogP contribution in [0.2, 0.25) is 0 Å². The van der Waals surface area contributed by atoms with E-state index in [9.17, 15) is 18.0 Å². The number of halogens is 3. The number of carbonyl (C=O) groups excluding carboxylic acids is 1. The smallest absolute Gasteiger partial charge is 0.349 e. The van der Waals surface area contributed by atoms with E-state index in [0.717, 1.165) is 29.4 Å². The fourth-order valence-electron chi connectivity index (χ4n) is 2.01. The molecule has 2 nitrogen and oxygen atoms in total. The molecule has 1 N–H and O–H groups in total. The lowest BCUT2D eigenvalue weighted by Crippen LogP contribution is -2.37. The minimum absolute atomic E-state index is 0.0999. The Morgan fingerprint density at radius 2 is 2.14 bits per heavy atom. The maximum absolute atomic E-state index is 12.7. The molecular weight excluding hydrogens is 319 g/mol. The van der Waals surface area contributed by atoms with Gasteiger partial charge in [-0.25, -0.2) is 0 Å². The van der Waals surface area contributed by atoms with Crippen molar-refractivity contribution in [2.45, 2.75) is 24.4 Å². The lowest BCUT2D eigenvalue weighted by atomic mass is 10.0. The van der Waals surface area contributed by atoms with Crippen molar-refractivity contribution >= 4 is 29.4 Å². The fraction of sp³-hybridized carbons (Fsp3) is 0.500. The number of nitrogens with one attached hydrogen (secondary N) is 1. The van der Waals surface area contributed by atoms with Crippen LogP contribution in [0.15, 0.2) is 24.3 Å². The lowest BCUT2D eigenvalue weighted by Gasteiger charge is -2.23. The zero-order chi connectivity index (χ0) is 15.5. The van der Waals surface area contributed by atoms with E-state index >= 15 is 0 Å². The van der Waals surface area contributed by atoms with Gasteiger partial charge in [-0.2, -0.15) is 24.9 Å². The average Bonchev–Trinajstić information content (AvgIpc) is 2.47. The van der Waals surface area contributed by atoms with Crippen LogP contribution >= 0.6 is 23.5 Å². The van der Waals surface area contributed by atoms with Gasteiger partial charge in [-0.15, -0.1) is 11.8 Å². The van der Waals surface area contributed by atoms with Gasteiger partial charge in [0.15, 0.2) is 0 Å². The van der Waals surface area contributed by atoms with Gasteiger partial charge in [0.05, 0.1) is 16.9 Å². The van der Waals surface area contributed by atoms with Gasteiger partial charge in [-0.3, -0.25) is 4.79 Å². The number of carbonyl (C=O) groups is 1. The van der Waals surface area contributed by atoms with Crippen molar-refractivity contribution in [2.75, 3.05) is 17.3 Å². The molecule has 2 unspecified atom stereocenters. The summed E-state index contributed by atoms with van der Waals surface area (Å²) in [6, 6.07) is 4.65. The molecule has 0 bridgehead atoms. The van der Waals surface area contributed by atoms with Crippen LogP contribution in [-0.2, 0) is 11.0 Å². The van der Waals surface area contributed by atoms with Crippen LogP contribution < -0.4 is 5.32 Å². The molecule has 1 aromatic rings. The Labute approximate surface area is 130 Å². The standard InChI is InChI=1S/C14H16F3NOS2/c1-9(18-13(19)12-8-20-5-6-21-12)10-3-2-4-11(7-10)14(15,16)17/h2-4,7,9,12H,5-6,8H2,1H3,(H,18,19). The molecule has 1 heterocycles. The molecule has 0 radical (unpaired) electrons. The van der Waals surface area contributed by atoms with Crippen LogP contribution in [0.25, 0.3) is 0 Å². The van der Waals surface area contributed by atoms with E-state index in [1.54, 1.807) is 36.5 Å². The number of hydrogen-bond donors (Lipinski definition) is 1. The largest absolute Gasteiger partial charge is 0.416 e. The Bertz CT molecular complexity index is 501. The molecule has 21 heavy (non-hydrogen) atoms. The van der Waals surface area contributed by atoms with Crippen LogP contribution in [-0.4, -0.2) is 28.4 Å². The Balaban J connectivity index is 2.02. The Hall–Kier alpha value is -0.820. The van der Waals surface area contributed by atoms with Crippen LogP contribution in [0.3, 0.4) is 0 Å². The number of rotatable bonds is 3. The van der Waals surface area contributed by atoms with Gasteiger partial charge in [0.1, 0.15) is 0 Å². The number of amides is 1. The van der Waals surface area contributed by atoms with Crippen molar-refractivity contribution in [1.29, 1.82) is 0 Å². The van der Waals surface area contributed by atoms with E-state index < -0.39 is 17.8 Å². The maximum atomic E-state index is 12.7. The number of hydrogen-bond acceptors (Lipinski definition) is 3. The third-order valence-electron chi connectivity index (χ3n) is 3.18. The second kappa shape index (κ2) is 6.96. The van der Waals surface area contributed by atoms with Crippen molar-refractivity contribution in [3.8, 4) is 0 Å². The summed E-state index contributed by atoms with van der Waals surface area (Å²) in [5.74, 6) is 2.63. The van der Waals surface area contributed by atoms with Crippen molar-refractivity contribution in [3.63, 3.8) is 0 Å². The highest BCUT2D eigenvalue weighted by Gasteiger charge is 2.31. The Morgan fingerprint density at radius 3 is 2.76 bits per heavy atom. The first kappa shape index (κ1) is 16.5. The third kappa shape index (κ3) is 4.57. The SMILES string of the molecule is CC(NC(=O)C1CSCCS1)c1cccc(C(F)(F)F)c1. The summed E-state index contributed by atoms with van der Waals surface area (Å²) in [5, 5.41) is 2.69. The van der Waals surface area contributed by atoms with Gasteiger partial charge in [-0.1, -0.05) is 12.1 Å². The van der Waals surface area contributed by atoms with Crippen molar-refractivity contribution in [3.05, 3.63) is 35.4 Å². The molecule has 1 aliphatic heterocycles. The molecule has 116 valence electrons. The summed E-state index contributed by atoms with van der Waals surface area (Å²) in [5.41, 5.74) is -0.227. The van der Waals surface area contributed by atoms with Crippen LogP contribution in [0.5, 0.6) is 0 Å². The van der Waals surface area contributed by atoms with Crippen LogP contribution in [0, 0.1) is 0 Å². The monoisotopic (exact) mass is 335 g/mol. The van der Waals surface area contributed by atoms with Gasteiger partial charge in [0, 0.05) is 17.3 Å². The molecule has 0 saturated carbocycles. The molecule has 2 atom stereocenters. The zero-order valence-corrected chi connectivity index (χ0v) is 13.1. The summed E-state index contributed by atoms with van der Waals surface area (Å²) in [6.45, 7) is 1.70. The van der Waals surface area contributed by atoms with Crippen LogP contribution in [0.4, 0.5) is 13.2 Å². The average molecular weight is 335 g/mol. The zero-order valence-electron chi connectivity index (χ0n) is 11.4. The molecule has 2 rings (SSSR count). The summed E-state index contributed by atoms with van der Waals surface area (Å²) in [7, 11) is 0. The first-order chi connectivity index (χ1) is 9.88. The molecule has 7 heteroatoms. The molecule has 1 amide bonds. The highest BCUT2D eigenvalue weighted by Crippen LogP contribution is 2.31. The van der Waals surface area contributed by atoms with Gasteiger partial charge in [-0.05, 0) is 24.6 Å². The second-order valence-corrected chi connectivity index (χ2v) is 7.25. The van der Waals surface area contributed by atoms with Gasteiger partial charge < -0.3 is 5.32 Å². The van der Waals surface area contributed by atoms with Gasteiger partial charge in [0.25, 0.3) is 0 Å². The summed E-state index contributed by atoms with van der Waals surface area (Å²) in [4.78, 5) is 12.1. The topological polar surface area (TPSA) is 29.1 Å². The summed E-state index contributed by atoms with van der Waals surface area (Å²) in [6.07, 6.45) is -4.37. The van der Waals surface area contributed by atoms with Crippen molar-refractivity contribution in [1.82, 2.24) is 5.32 Å². The molecule has 1 aliphatic rings. The number of benzene rings is 1. The molecule has 1 fully saturated rings. The van der Waals surface area contributed by atoms with Gasteiger partial charge in [0.2, 0.25) is 5.91 Å². The van der Waals surface area contributed by atoms with E-state index in [1.807, 2.05) is 0 Å². The highest BCUT2D eigenvalue weighted by molar-refractivity contribution is 8.07. The minimum atomic E-state index is -4.37. The first-order valence-electron chi connectivity index (χ1n) is 6.55. The predicted molar refractivity (Wildman–Crippen MR) is 81.6 cm³/mol. The lowest BCUT2D eigenvalue weighted by molar-refractivity contribution is -0.137. The second-order valence-electron chi connectivity index (χ2n) is 4.79. The maximum Gasteiger partial charge on any atom is 0.416 e. The Kier molecular flexibility index (Phi) is 5.48. The van der Waals surface area contributed by atoms with E-state index in [4.69, 9.17) is 0 Å². The fourth-order valence-corrected chi connectivity index (χ4v) is 4.58. The molecule has 0 aromatic heterocycles. The minimum Gasteiger partial charge on any atom is -0.349 e. The highest BCUT2D eigenvalue weighted by atomic mass is 32.2. The predicted octanol–water partition coefficient (Wildman–Crippen LogP) is 3.73. The quantitative estimate of drug-likeness (QED) is 0.912. The van der Waals surface area contributed by atoms with Gasteiger partial charge >= 0.3 is 6.18 Å². The van der Waals surface area contributed by atoms with E-state index in [0.29, 0.717) is 5.56 Å². The first-order valence-corrected chi connectivity index (χ1v) is 8.75. The van der Waals surface area contributed by atoms with E-state index in [2.05, 4.69) is 5.32 Å². The summed E-state index contributed by atoms with van der Waals surface area (Å²) >= 11 is 3.33.